The summed E-state index contributed by atoms with van der Waals surface area (Å²) in [6.45, 7) is 4.32. The zero-order valence-corrected chi connectivity index (χ0v) is 20.6. The van der Waals surface area contributed by atoms with Crippen molar-refractivity contribution in [2.24, 2.45) is 5.92 Å². The molecule has 3 atom stereocenters. The molecule has 2 amide bonds. The van der Waals surface area contributed by atoms with E-state index < -0.39 is 10.0 Å². The summed E-state index contributed by atoms with van der Waals surface area (Å²) in [5.41, 5.74) is 0.538. The highest BCUT2D eigenvalue weighted by atomic mass is 32.2. The Hall–Kier alpha value is -2.66. The van der Waals surface area contributed by atoms with Gasteiger partial charge in [-0.25, -0.2) is 8.42 Å². The van der Waals surface area contributed by atoms with Crippen molar-refractivity contribution in [1.82, 2.24) is 9.62 Å². The number of carbonyl (C=O) groups excluding carboxylic acids is 2. The first-order chi connectivity index (χ1) is 16.3. The van der Waals surface area contributed by atoms with Gasteiger partial charge in [0.2, 0.25) is 15.9 Å². The number of thioether (sulfide) groups is 1. The van der Waals surface area contributed by atoms with E-state index in [-0.39, 0.29) is 33.3 Å². The fourth-order valence-corrected chi connectivity index (χ4v) is 8.60. The van der Waals surface area contributed by atoms with Crippen molar-refractivity contribution in [3.05, 3.63) is 72.1 Å². The summed E-state index contributed by atoms with van der Waals surface area (Å²) in [7, 11) is -3.63. The van der Waals surface area contributed by atoms with Gasteiger partial charge in [-0.2, -0.15) is 4.31 Å². The van der Waals surface area contributed by atoms with E-state index in [9.17, 15) is 18.0 Å². The van der Waals surface area contributed by atoms with Crippen LogP contribution in [0.15, 0.2) is 72.1 Å². The second-order valence-corrected chi connectivity index (χ2v) is 12.8. The van der Waals surface area contributed by atoms with Gasteiger partial charge >= 0.3 is 0 Å². The molecule has 3 aromatic rings. The van der Waals surface area contributed by atoms with Gasteiger partial charge in [0.15, 0.2) is 0 Å². The third-order valence-corrected chi connectivity index (χ3v) is 10.6. The SMILES string of the molecule is C=CC(=O)NC1CC2CN(S(=O)(=O)c3ccc(NC(=O)c4cc5ccccc5s4)cc3)CC2S1. The average molecular weight is 514 g/mol. The van der Waals surface area contributed by atoms with Crippen molar-refractivity contribution in [2.45, 2.75) is 21.9 Å². The third-order valence-electron chi connectivity index (χ3n) is 6.09. The fraction of sp³-hybridized carbons (Fsp3) is 0.250. The summed E-state index contributed by atoms with van der Waals surface area (Å²) in [6, 6.07) is 15.9. The smallest absolute Gasteiger partial charge is 0.265 e. The monoisotopic (exact) mass is 513 g/mol. The molecule has 2 fully saturated rings. The van der Waals surface area contributed by atoms with Crippen LogP contribution in [0.5, 0.6) is 0 Å². The molecule has 176 valence electrons. The van der Waals surface area contributed by atoms with Crippen LogP contribution >= 0.6 is 23.1 Å². The van der Waals surface area contributed by atoms with Gasteiger partial charge in [-0.15, -0.1) is 23.1 Å². The number of fused-ring (bicyclic) bond motifs is 2. The van der Waals surface area contributed by atoms with E-state index in [2.05, 4.69) is 17.2 Å². The fourth-order valence-electron chi connectivity index (χ4n) is 4.38. The van der Waals surface area contributed by atoms with Gasteiger partial charge in [0.25, 0.3) is 5.91 Å². The van der Waals surface area contributed by atoms with Crippen LogP contribution in [-0.2, 0) is 14.8 Å². The molecule has 10 heteroatoms. The van der Waals surface area contributed by atoms with Gasteiger partial charge in [0, 0.05) is 28.7 Å². The molecule has 2 aromatic carbocycles. The topological polar surface area (TPSA) is 95.6 Å². The van der Waals surface area contributed by atoms with Crippen molar-refractivity contribution in [3.63, 3.8) is 0 Å². The van der Waals surface area contributed by atoms with Crippen molar-refractivity contribution in [2.75, 3.05) is 18.4 Å². The number of nitrogens with one attached hydrogen (secondary N) is 2. The van der Waals surface area contributed by atoms with E-state index in [4.69, 9.17) is 0 Å². The zero-order valence-electron chi connectivity index (χ0n) is 18.1. The molecule has 3 unspecified atom stereocenters. The second kappa shape index (κ2) is 9.18. The molecule has 2 aliphatic rings. The van der Waals surface area contributed by atoms with Crippen LogP contribution in [0.3, 0.4) is 0 Å². The van der Waals surface area contributed by atoms with Crippen LogP contribution in [0.25, 0.3) is 10.1 Å². The number of carbonyl (C=O) groups is 2. The molecular weight excluding hydrogens is 490 g/mol. The molecule has 34 heavy (non-hydrogen) atoms. The number of sulfonamides is 1. The Morgan fingerprint density at radius 3 is 2.56 bits per heavy atom. The molecule has 2 aliphatic heterocycles. The van der Waals surface area contributed by atoms with Gasteiger partial charge in [0.1, 0.15) is 0 Å². The summed E-state index contributed by atoms with van der Waals surface area (Å²) < 4.78 is 28.9. The van der Waals surface area contributed by atoms with Crippen LogP contribution in [0, 0.1) is 5.92 Å². The summed E-state index contributed by atoms with van der Waals surface area (Å²) in [6.07, 6.45) is 1.99. The van der Waals surface area contributed by atoms with E-state index in [0.29, 0.717) is 23.7 Å². The average Bonchev–Trinajstić information content (AvgIpc) is 3.52. The predicted octanol–water partition coefficient (Wildman–Crippen LogP) is 3.91. The summed E-state index contributed by atoms with van der Waals surface area (Å²) in [5.74, 6) is -0.226. The van der Waals surface area contributed by atoms with E-state index in [1.54, 1.807) is 23.9 Å². The standard InChI is InChI=1S/C24H23N3O4S3/c1-2-22(28)26-23-12-16-13-27(14-21(16)33-23)34(30,31)18-9-7-17(8-10-18)25-24(29)20-11-15-5-3-4-6-19(15)32-20/h2-11,16,21,23H,1,12-14H2,(H,25,29)(H,26,28). The largest absolute Gasteiger partial charge is 0.341 e. The van der Waals surface area contributed by atoms with Crippen LogP contribution in [0.2, 0.25) is 0 Å². The predicted molar refractivity (Wildman–Crippen MR) is 137 cm³/mol. The van der Waals surface area contributed by atoms with Crippen LogP contribution in [0.1, 0.15) is 16.1 Å². The Bertz CT molecular complexity index is 1320. The van der Waals surface area contributed by atoms with Crippen LogP contribution in [-0.4, -0.2) is 48.3 Å². The van der Waals surface area contributed by atoms with Crippen LogP contribution in [0.4, 0.5) is 5.69 Å². The van der Waals surface area contributed by atoms with Crippen molar-refractivity contribution < 1.29 is 18.0 Å². The first kappa shape index (κ1) is 23.1. The van der Waals surface area contributed by atoms with Crippen molar-refractivity contribution >= 4 is 60.7 Å². The first-order valence-electron chi connectivity index (χ1n) is 10.8. The van der Waals surface area contributed by atoms with Gasteiger partial charge in [0.05, 0.1) is 15.1 Å². The van der Waals surface area contributed by atoms with Gasteiger partial charge < -0.3 is 10.6 Å². The Kier molecular flexibility index (Phi) is 6.24. The maximum Gasteiger partial charge on any atom is 0.265 e. The molecule has 0 spiro atoms. The van der Waals surface area contributed by atoms with Gasteiger partial charge in [-0.1, -0.05) is 24.8 Å². The van der Waals surface area contributed by atoms with E-state index in [1.165, 1.54) is 33.9 Å². The number of thiophene rings is 1. The lowest BCUT2D eigenvalue weighted by Crippen LogP contribution is -2.33. The molecule has 2 saturated heterocycles. The van der Waals surface area contributed by atoms with Crippen molar-refractivity contribution in [1.29, 1.82) is 0 Å². The molecule has 0 saturated carbocycles. The number of anilines is 1. The summed E-state index contributed by atoms with van der Waals surface area (Å²) in [4.78, 5) is 25.0. The number of rotatable bonds is 6. The van der Waals surface area contributed by atoms with Gasteiger partial charge in [-0.05, 0) is 60.2 Å². The van der Waals surface area contributed by atoms with Gasteiger partial charge in [-0.3, -0.25) is 9.59 Å². The first-order valence-corrected chi connectivity index (χ1v) is 14.0. The minimum atomic E-state index is -3.63. The highest BCUT2D eigenvalue weighted by molar-refractivity contribution is 8.00. The lowest BCUT2D eigenvalue weighted by Gasteiger charge is -2.19. The van der Waals surface area contributed by atoms with Crippen molar-refractivity contribution in [3.8, 4) is 0 Å². The molecule has 0 aliphatic carbocycles. The second-order valence-electron chi connectivity index (χ2n) is 8.32. The normalized spacial score (nSPS) is 22.4. The minimum absolute atomic E-state index is 0.00538. The maximum atomic E-state index is 13.2. The van der Waals surface area contributed by atoms with E-state index in [0.717, 1.165) is 16.5 Å². The molecule has 0 bridgehead atoms. The number of amides is 2. The Labute approximate surface area is 206 Å². The molecular formula is C24H23N3O4S3. The summed E-state index contributed by atoms with van der Waals surface area (Å²) in [5, 5.41) is 6.90. The molecule has 3 heterocycles. The lowest BCUT2D eigenvalue weighted by atomic mass is 10.1. The maximum absolute atomic E-state index is 13.2. The minimum Gasteiger partial charge on any atom is -0.341 e. The Balaban J connectivity index is 1.22. The highest BCUT2D eigenvalue weighted by Gasteiger charge is 2.45. The molecule has 5 rings (SSSR count). The Morgan fingerprint density at radius 2 is 1.85 bits per heavy atom. The highest BCUT2D eigenvalue weighted by Crippen LogP contribution is 2.43. The quantitative estimate of drug-likeness (QED) is 0.488. The number of nitrogens with zero attached hydrogens (tertiary/aromatic N) is 1. The molecule has 7 nitrogen and oxygen atoms in total. The number of hydrogen-bond donors (Lipinski definition) is 2. The number of hydrogen-bond acceptors (Lipinski definition) is 6. The van der Waals surface area contributed by atoms with E-state index in [1.807, 2.05) is 30.3 Å². The lowest BCUT2D eigenvalue weighted by molar-refractivity contribution is -0.116. The molecule has 1 aromatic heterocycles. The Morgan fingerprint density at radius 1 is 1.09 bits per heavy atom. The zero-order chi connectivity index (χ0) is 23.9. The third kappa shape index (κ3) is 4.50. The molecule has 2 N–H and O–H groups in total. The van der Waals surface area contributed by atoms with E-state index >= 15 is 0 Å². The molecule has 0 radical (unpaired) electrons. The summed E-state index contributed by atoms with van der Waals surface area (Å²) >= 11 is 3.03. The number of benzene rings is 2. The van der Waals surface area contributed by atoms with Crippen LogP contribution < -0.4 is 10.6 Å².